The standard InChI is InChI=1S/C14H20N2O/c1-10(2)17-9-12-8-16(3)14-5-4-11(7-15)6-13(12)14/h4-6,8,10H,7,9,15H2,1-3H3. The summed E-state index contributed by atoms with van der Waals surface area (Å²) in [5.74, 6) is 0. The van der Waals surface area contributed by atoms with Gasteiger partial charge in [-0.1, -0.05) is 6.07 Å². The second-order valence-corrected chi connectivity index (χ2v) is 4.68. The maximum absolute atomic E-state index is 5.68. The molecule has 2 N–H and O–H groups in total. The van der Waals surface area contributed by atoms with Crippen LogP contribution in [0.3, 0.4) is 0 Å². The van der Waals surface area contributed by atoms with Crippen LogP contribution in [0.1, 0.15) is 25.0 Å². The lowest BCUT2D eigenvalue weighted by Crippen LogP contribution is -2.02. The molecule has 0 aliphatic heterocycles. The number of nitrogens with two attached hydrogens (primary N) is 1. The SMILES string of the molecule is CC(C)OCc1cn(C)c2ccc(CN)cc12. The van der Waals surface area contributed by atoms with Gasteiger partial charge in [-0.05, 0) is 31.5 Å². The van der Waals surface area contributed by atoms with Gasteiger partial charge in [0.05, 0.1) is 12.7 Å². The highest BCUT2D eigenvalue weighted by Crippen LogP contribution is 2.23. The molecule has 3 nitrogen and oxygen atoms in total. The summed E-state index contributed by atoms with van der Waals surface area (Å²) in [7, 11) is 2.06. The maximum atomic E-state index is 5.68. The number of fused-ring (bicyclic) bond motifs is 1. The third-order valence-corrected chi connectivity index (χ3v) is 2.94. The summed E-state index contributed by atoms with van der Waals surface area (Å²) in [6, 6.07) is 6.36. The Morgan fingerprint density at radius 3 is 2.76 bits per heavy atom. The number of aromatic nitrogens is 1. The number of hydrogen-bond acceptors (Lipinski definition) is 2. The van der Waals surface area contributed by atoms with Crippen LogP contribution in [0.5, 0.6) is 0 Å². The highest BCUT2D eigenvalue weighted by atomic mass is 16.5. The van der Waals surface area contributed by atoms with Gasteiger partial charge in [-0.3, -0.25) is 0 Å². The van der Waals surface area contributed by atoms with E-state index in [4.69, 9.17) is 10.5 Å². The topological polar surface area (TPSA) is 40.2 Å². The Hall–Kier alpha value is -1.32. The van der Waals surface area contributed by atoms with Crippen molar-refractivity contribution in [2.75, 3.05) is 0 Å². The zero-order chi connectivity index (χ0) is 12.4. The average molecular weight is 232 g/mol. The molecule has 3 heteroatoms. The minimum absolute atomic E-state index is 0.253. The van der Waals surface area contributed by atoms with Gasteiger partial charge in [0.25, 0.3) is 0 Å². The van der Waals surface area contributed by atoms with Crippen molar-refractivity contribution in [1.29, 1.82) is 0 Å². The summed E-state index contributed by atoms with van der Waals surface area (Å²) >= 11 is 0. The second kappa shape index (κ2) is 4.90. The van der Waals surface area contributed by atoms with Gasteiger partial charge in [0.15, 0.2) is 0 Å². The van der Waals surface area contributed by atoms with Crippen molar-refractivity contribution in [1.82, 2.24) is 4.57 Å². The molecule has 0 unspecified atom stereocenters. The molecule has 0 fully saturated rings. The Labute approximate surface area is 102 Å². The second-order valence-electron chi connectivity index (χ2n) is 4.68. The first kappa shape index (κ1) is 12.1. The van der Waals surface area contributed by atoms with E-state index in [2.05, 4.69) is 49.9 Å². The number of nitrogens with zero attached hydrogens (tertiary/aromatic N) is 1. The number of rotatable bonds is 4. The third kappa shape index (κ3) is 2.51. The van der Waals surface area contributed by atoms with Crippen LogP contribution in [-0.4, -0.2) is 10.7 Å². The van der Waals surface area contributed by atoms with Crippen molar-refractivity contribution in [3.05, 3.63) is 35.5 Å². The monoisotopic (exact) mass is 232 g/mol. The van der Waals surface area contributed by atoms with Crippen molar-refractivity contribution in [2.45, 2.75) is 33.1 Å². The van der Waals surface area contributed by atoms with Crippen LogP contribution in [0, 0.1) is 0 Å². The van der Waals surface area contributed by atoms with E-state index in [1.54, 1.807) is 0 Å². The first-order valence-electron chi connectivity index (χ1n) is 6.00. The van der Waals surface area contributed by atoms with Gasteiger partial charge in [-0.25, -0.2) is 0 Å². The van der Waals surface area contributed by atoms with Crippen molar-refractivity contribution in [3.63, 3.8) is 0 Å². The fourth-order valence-corrected chi connectivity index (χ4v) is 2.02. The molecule has 0 atom stereocenters. The summed E-state index contributed by atoms with van der Waals surface area (Å²) in [6.07, 6.45) is 2.39. The van der Waals surface area contributed by atoms with E-state index < -0.39 is 0 Å². The molecule has 2 rings (SSSR count). The largest absolute Gasteiger partial charge is 0.374 e. The molecule has 17 heavy (non-hydrogen) atoms. The molecular weight excluding hydrogens is 212 g/mol. The molecule has 0 radical (unpaired) electrons. The van der Waals surface area contributed by atoms with Gasteiger partial charge < -0.3 is 15.0 Å². The highest BCUT2D eigenvalue weighted by molar-refractivity contribution is 5.84. The first-order chi connectivity index (χ1) is 8.11. The Balaban J connectivity index is 2.40. The van der Waals surface area contributed by atoms with E-state index in [-0.39, 0.29) is 6.10 Å². The number of hydrogen-bond donors (Lipinski definition) is 1. The third-order valence-electron chi connectivity index (χ3n) is 2.94. The summed E-state index contributed by atoms with van der Waals surface area (Å²) in [6.45, 7) is 5.34. The zero-order valence-corrected chi connectivity index (χ0v) is 10.7. The Morgan fingerprint density at radius 1 is 1.35 bits per heavy atom. The number of benzene rings is 1. The van der Waals surface area contributed by atoms with E-state index in [0.717, 1.165) is 5.56 Å². The van der Waals surface area contributed by atoms with Crippen LogP contribution in [0.4, 0.5) is 0 Å². The molecule has 1 heterocycles. The molecule has 1 aromatic heterocycles. The molecule has 0 saturated carbocycles. The quantitative estimate of drug-likeness (QED) is 0.880. The van der Waals surface area contributed by atoms with Crippen LogP contribution in [0.25, 0.3) is 10.9 Å². The maximum Gasteiger partial charge on any atom is 0.0741 e. The minimum atomic E-state index is 0.253. The first-order valence-corrected chi connectivity index (χ1v) is 6.00. The fourth-order valence-electron chi connectivity index (χ4n) is 2.02. The predicted octanol–water partition coefficient (Wildman–Crippen LogP) is 2.56. The number of ether oxygens (including phenoxy) is 1. The molecular formula is C14H20N2O. The van der Waals surface area contributed by atoms with E-state index in [1.165, 1.54) is 16.5 Å². The van der Waals surface area contributed by atoms with Crippen molar-refractivity contribution in [2.24, 2.45) is 12.8 Å². The molecule has 0 bridgehead atoms. The smallest absolute Gasteiger partial charge is 0.0741 e. The molecule has 0 saturated heterocycles. The van der Waals surface area contributed by atoms with Crippen LogP contribution >= 0.6 is 0 Å². The minimum Gasteiger partial charge on any atom is -0.374 e. The van der Waals surface area contributed by atoms with Gasteiger partial charge in [0.1, 0.15) is 0 Å². The Morgan fingerprint density at radius 2 is 2.12 bits per heavy atom. The summed E-state index contributed by atoms with van der Waals surface area (Å²) in [5.41, 5.74) is 9.30. The summed E-state index contributed by atoms with van der Waals surface area (Å²) in [4.78, 5) is 0. The van der Waals surface area contributed by atoms with Gasteiger partial charge in [0, 0.05) is 36.3 Å². The van der Waals surface area contributed by atoms with Crippen LogP contribution < -0.4 is 5.73 Å². The molecule has 0 spiro atoms. The van der Waals surface area contributed by atoms with Crippen molar-refractivity contribution in [3.8, 4) is 0 Å². The molecule has 1 aromatic carbocycles. The van der Waals surface area contributed by atoms with Gasteiger partial charge in [-0.15, -0.1) is 0 Å². The van der Waals surface area contributed by atoms with Gasteiger partial charge in [-0.2, -0.15) is 0 Å². The van der Waals surface area contributed by atoms with E-state index >= 15 is 0 Å². The van der Waals surface area contributed by atoms with Crippen LogP contribution in [0.15, 0.2) is 24.4 Å². The van der Waals surface area contributed by atoms with E-state index in [1.807, 2.05) is 0 Å². The lowest BCUT2D eigenvalue weighted by molar-refractivity contribution is 0.0663. The van der Waals surface area contributed by atoms with Crippen LogP contribution in [-0.2, 0) is 24.9 Å². The molecule has 0 aliphatic carbocycles. The van der Waals surface area contributed by atoms with Gasteiger partial charge >= 0.3 is 0 Å². The lowest BCUT2D eigenvalue weighted by Gasteiger charge is -2.06. The molecule has 2 aromatic rings. The van der Waals surface area contributed by atoms with Crippen molar-refractivity contribution >= 4 is 10.9 Å². The van der Waals surface area contributed by atoms with Gasteiger partial charge in [0.2, 0.25) is 0 Å². The molecule has 0 amide bonds. The van der Waals surface area contributed by atoms with Crippen LogP contribution in [0.2, 0.25) is 0 Å². The number of aryl methyl sites for hydroxylation is 1. The summed E-state index contributed by atoms with van der Waals surface area (Å²) < 4.78 is 7.81. The highest BCUT2D eigenvalue weighted by Gasteiger charge is 2.07. The normalized spacial score (nSPS) is 11.6. The van der Waals surface area contributed by atoms with E-state index in [0.29, 0.717) is 13.2 Å². The average Bonchev–Trinajstić information content (AvgIpc) is 2.63. The predicted molar refractivity (Wildman–Crippen MR) is 70.7 cm³/mol. The Bertz CT molecular complexity index is 514. The van der Waals surface area contributed by atoms with E-state index in [9.17, 15) is 0 Å². The van der Waals surface area contributed by atoms with Crippen molar-refractivity contribution < 1.29 is 4.74 Å². The molecule has 92 valence electrons. The molecule has 0 aliphatic rings. The Kier molecular flexibility index (Phi) is 3.50. The zero-order valence-electron chi connectivity index (χ0n) is 10.7. The fraction of sp³-hybridized carbons (Fsp3) is 0.429. The summed E-state index contributed by atoms with van der Waals surface area (Å²) in [5, 5.41) is 1.25. The lowest BCUT2D eigenvalue weighted by atomic mass is 10.1.